The number of hydrogen-bond acceptors (Lipinski definition) is 1. The van der Waals surface area contributed by atoms with Crippen molar-refractivity contribution >= 4 is 0 Å². The Hall–Kier alpha value is -1.91. The van der Waals surface area contributed by atoms with Crippen molar-refractivity contribution in [1.82, 2.24) is 0 Å². The van der Waals surface area contributed by atoms with E-state index in [9.17, 15) is 0 Å². The predicted octanol–water partition coefficient (Wildman–Crippen LogP) is 2.91. The minimum absolute atomic E-state index is 0.229. The number of rotatable bonds is 2. The summed E-state index contributed by atoms with van der Waals surface area (Å²) in [6.07, 6.45) is 1.01. The van der Waals surface area contributed by atoms with Crippen molar-refractivity contribution in [1.29, 1.82) is 0 Å². The highest BCUT2D eigenvalue weighted by Gasteiger charge is 1.89. The van der Waals surface area contributed by atoms with Crippen molar-refractivity contribution < 1.29 is 0 Å². The lowest BCUT2D eigenvalue weighted by atomic mass is 10.1. The lowest BCUT2D eigenvalue weighted by Crippen LogP contribution is -1.81. The minimum atomic E-state index is 0.229. The van der Waals surface area contributed by atoms with Crippen LogP contribution in [-0.2, 0) is 6.42 Å². The maximum absolute atomic E-state index is 8.04. The molecule has 0 radical (unpaired) electrons. The molecule has 3 nitrogen and oxygen atoms in total. The van der Waals surface area contributed by atoms with Crippen molar-refractivity contribution in [3.63, 3.8) is 0 Å². The molecule has 0 aliphatic heterocycles. The smallest absolute Gasteiger partial charge is 0.0880 e. The lowest BCUT2D eigenvalue weighted by molar-refractivity contribution is 1.14. The summed E-state index contributed by atoms with van der Waals surface area (Å²) < 4.78 is 0. The van der Waals surface area contributed by atoms with Crippen LogP contribution < -0.4 is 0 Å². The van der Waals surface area contributed by atoms with Crippen LogP contribution in [0.3, 0.4) is 0 Å². The molecule has 0 aliphatic carbocycles. The van der Waals surface area contributed by atoms with Gasteiger partial charge in [0.1, 0.15) is 0 Å². The van der Waals surface area contributed by atoms with Gasteiger partial charge in [0.05, 0.1) is 6.54 Å². The summed E-state index contributed by atoms with van der Waals surface area (Å²) >= 11 is 0. The maximum Gasteiger partial charge on any atom is 0.0880 e. The number of nitrogens with zero attached hydrogens (tertiary/aromatic N) is 3. The zero-order valence-corrected chi connectivity index (χ0v) is 8.07. The van der Waals surface area contributed by atoms with Gasteiger partial charge in [-0.15, -0.1) is 0 Å². The first-order valence-corrected chi connectivity index (χ1v) is 4.45. The van der Waals surface area contributed by atoms with E-state index in [2.05, 4.69) is 34.9 Å². The van der Waals surface area contributed by atoms with Gasteiger partial charge in [-0.3, -0.25) is 0 Å². The molecule has 0 amide bonds. The Morgan fingerprint density at radius 3 is 3.07 bits per heavy atom. The number of aryl methyl sites for hydroxylation is 1. The highest BCUT2D eigenvalue weighted by Crippen LogP contribution is 2.04. The topological polar surface area (TPSA) is 48.8 Å². The molecule has 0 N–H and O–H groups in total. The monoisotopic (exact) mass is 185 g/mol. The fraction of sp³-hybridized carbons (Fsp3) is 0.273. The Balaban J connectivity index is 2.73. The summed E-state index contributed by atoms with van der Waals surface area (Å²) in [6.45, 7) is 2.33. The molecule has 1 aromatic carbocycles. The quantitative estimate of drug-likeness (QED) is 0.294. The molecule has 0 bridgehead atoms. The summed E-state index contributed by atoms with van der Waals surface area (Å²) in [7, 11) is 0. The molecule has 1 aromatic rings. The van der Waals surface area contributed by atoms with Crippen LogP contribution in [-0.4, -0.2) is 6.54 Å². The van der Waals surface area contributed by atoms with E-state index in [1.165, 1.54) is 5.56 Å². The summed E-state index contributed by atoms with van der Waals surface area (Å²) in [6, 6.07) is 8.04. The molecule has 0 saturated heterocycles. The van der Waals surface area contributed by atoms with Gasteiger partial charge in [-0.05, 0) is 29.6 Å². The van der Waals surface area contributed by atoms with Crippen molar-refractivity contribution in [3.05, 3.63) is 45.8 Å². The Bertz CT molecular complexity index is 406. The Morgan fingerprint density at radius 1 is 1.50 bits per heavy atom. The number of benzene rings is 1. The van der Waals surface area contributed by atoms with E-state index in [0.29, 0.717) is 0 Å². The van der Waals surface area contributed by atoms with Gasteiger partial charge in [0.25, 0.3) is 0 Å². The standard InChI is InChI=1S/C11H11N3/c1-2-10-5-3-6-11(9-10)7-4-8-13-14-12/h3,5-6,9H,2,8H2,1H3. The van der Waals surface area contributed by atoms with Gasteiger partial charge in [-0.1, -0.05) is 36.0 Å². The molecule has 0 fully saturated rings. The zero-order chi connectivity index (χ0) is 10.2. The van der Waals surface area contributed by atoms with Crippen molar-refractivity contribution in [2.45, 2.75) is 13.3 Å². The van der Waals surface area contributed by atoms with Crippen molar-refractivity contribution in [3.8, 4) is 11.8 Å². The highest BCUT2D eigenvalue weighted by molar-refractivity contribution is 5.37. The van der Waals surface area contributed by atoms with E-state index >= 15 is 0 Å². The van der Waals surface area contributed by atoms with Crippen LogP contribution in [0.25, 0.3) is 10.4 Å². The Morgan fingerprint density at radius 2 is 2.36 bits per heavy atom. The molecule has 0 aromatic heterocycles. The molecule has 14 heavy (non-hydrogen) atoms. The second-order valence-corrected chi connectivity index (χ2v) is 2.74. The van der Waals surface area contributed by atoms with Crippen molar-refractivity contribution in [2.24, 2.45) is 5.11 Å². The van der Waals surface area contributed by atoms with Gasteiger partial charge in [-0.25, -0.2) is 0 Å². The Labute approximate surface area is 83.4 Å². The number of azide groups is 1. The van der Waals surface area contributed by atoms with E-state index in [0.717, 1.165) is 12.0 Å². The largest absolute Gasteiger partial charge is 0.0919 e. The first-order valence-electron chi connectivity index (χ1n) is 4.45. The average molecular weight is 185 g/mol. The fourth-order valence-electron chi connectivity index (χ4n) is 1.08. The van der Waals surface area contributed by atoms with Gasteiger partial charge >= 0.3 is 0 Å². The lowest BCUT2D eigenvalue weighted by Gasteiger charge is -1.95. The summed E-state index contributed by atoms with van der Waals surface area (Å²) in [4.78, 5) is 2.62. The summed E-state index contributed by atoms with van der Waals surface area (Å²) in [5.41, 5.74) is 10.3. The average Bonchev–Trinajstić information content (AvgIpc) is 2.25. The molecular weight excluding hydrogens is 174 g/mol. The highest BCUT2D eigenvalue weighted by atomic mass is 15.1. The van der Waals surface area contributed by atoms with Crippen molar-refractivity contribution in [2.75, 3.05) is 6.54 Å². The first kappa shape index (κ1) is 10.2. The van der Waals surface area contributed by atoms with E-state index < -0.39 is 0 Å². The van der Waals surface area contributed by atoms with Gasteiger partial charge in [0, 0.05) is 10.5 Å². The van der Waals surface area contributed by atoms with Crippen LogP contribution in [0.1, 0.15) is 18.1 Å². The molecular formula is C11H11N3. The fourth-order valence-corrected chi connectivity index (χ4v) is 1.08. The normalized spacial score (nSPS) is 8.36. The predicted molar refractivity (Wildman–Crippen MR) is 56.7 cm³/mol. The minimum Gasteiger partial charge on any atom is -0.0919 e. The van der Waals surface area contributed by atoms with Crippen LogP contribution in [0.5, 0.6) is 0 Å². The molecule has 3 heteroatoms. The third kappa shape index (κ3) is 3.22. The van der Waals surface area contributed by atoms with Gasteiger partial charge in [0.15, 0.2) is 0 Å². The molecule has 0 heterocycles. The van der Waals surface area contributed by atoms with Crippen LogP contribution in [0.2, 0.25) is 0 Å². The van der Waals surface area contributed by atoms with Crippen LogP contribution in [0, 0.1) is 11.8 Å². The molecule has 70 valence electrons. The summed E-state index contributed by atoms with van der Waals surface area (Å²) in [5.74, 6) is 5.72. The SMILES string of the molecule is CCc1cccc(C#CCN=[N+]=[N-])c1. The molecule has 0 spiro atoms. The molecule has 0 atom stereocenters. The first-order chi connectivity index (χ1) is 6.86. The second-order valence-electron chi connectivity index (χ2n) is 2.74. The number of hydrogen-bond donors (Lipinski definition) is 0. The van der Waals surface area contributed by atoms with Gasteiger partial charge < -0.3 is 0 Å². The van der Waals surface area contributed by atoms with E-state index in [1.807, 2.05) is 18.2 Å². The third-order valence-electron chi connectivity index (χ3n) is 1.78. The van der Waals surface area contributed by atoms with Crippen LogP contribution in [0.15, 0.2) is 29.4 Å². The van der Waals surface area contributed by atoms with E-state index in [4.69, 9.17) is 5.53 Å². The molecule has 1 rings (SSSR count). The maximum atomic E-state index is 8.04. The van der Waals surface area contributed by atoms with Crippen LogP contribution in [0.4, 0.5) is 0 Å². The van der Waals surface area contributed by atoms with Gasteiger partial charge in [-0.2, -0.15) is 0 Å². The van der Waals surface area contributed by atoms with Crippen LogP contribution >= 0.6 is 0 Å². The molecule has 0 unspecified atom stereocenters. The molecule has 0 aliphatic rings. The third-order valence-corrected chi connectivity index (χ3v) is 1.78. The summed E-state index contributed by atoms with van der Waals surface area (Å²) in [5, 5.41) is 3.34. The van der Waals surface area contributed by atoms with E-state index in [1.54, 1.807) is 0 Å². The molecule has 0 saturated carbocycles. The second kappa shape index (κ2) is 5.69. The Kier molecular flexibility index (Phi) is 4.13. The van der Waals surface area contributed by atoms with Gasteiger partial charge in [0.2, 0.25) is 0 Å². The van der Waals surface area contributed by atoms with E-state index in [-0.39, 0.29) is 6.54 Å². The zero-order valence-electron chi connectivity index (χ0n) is 8.07.